The molecule has 23 heavy (non-hydrogen) atoms. The number of aromatic amines is 2. The topological polar surface area (TPSA) is 125 Å². The lowest BCUT2D eigenvalue weighted by molar-refractivity contribution is 0.0944. The molecule has 0 unspecified atom stereocenters. The first-order valence-corrected chi connectivity index (χ1v) is 7.33. The minimum absolute atomic E-state index is 0.207. The first-order valence-electron chi connectivity index (χ1n) is 7.33. The number of amides is 1. The molecule has 0 saturated heterocycles. The number of rotatable bonds is 4. The van der Waals surface area contributed by atoms with Crippen molar-refractivity contribution in [1.82, 2.24) is 40.7 Å². The summed E-state index contributed by atoms with van der Waals surface area (Å²) in [7, 11) is 0. The molecule has 9 nitrogen and oxygen atoms in total. The van der Waals surface area contributed by atoms with E-state index in [1.165, 1.54) is 0 Å². The fourth-order valence-electron chi connectivity index (χ4n) is 2.66. The SMILES string of the molecule is O=C(NCc1nc(-c2cnccn2)n[nH]1)c1n[nH]c2c1CCC2. The van der Waals surface area contributed by atoms with Crippen LogP contribution in [0.25, 0.3) is 11.5 Å². The van der Waals surface area contributed by atoms with Gasteiger partial charge >= 0.3 is 0 Å². The molecule has 0 radical (unpaired) electrons. The van der Waals surface area contributed by atoms with Crippen LogP contribution < -0.4 is 5.32 Å². The Labute approximate surface area is 131 Å². The van der Waals surface area contributed by atoms with Gasteiger partial charge in [-0.15, -0.1) is 0 Å². The Hall–Kier alpha value is -3.10. The second-order valence-corrected chi connectivity index (χ2v) is 5.26. The van der Waals surface area contributed by atoms with E-state index in [1.54, 1.807) is 18.6 Å². The van der Waals surface area contributed by atoms with Crippen molar-refractivity contribution in [3.05, 3.63) is 41.4 Å². The fourth-order valence-corrected chi connectivity index (χ4v) is 2.66. The highest BCUT2D eigenvalue weighted by Gasteiger charge is 2.23. The second-order valence-electron chi connectivity index (χ2n) is 5.26. The Kier molecular flexibility index (Phi) is 3.30. The average molecular weight is 310 g/mol. The number of fused-ring (bicyclic) bond motifs is 1. The molecule has 3 aromatic heterocycles. The van der Waals surface area contributed by atoms with E-state index in [4.69, 9.17) is 0 Å². The molecule has 4 rings (SSSR count). The zero-order chi connectivity index (χ0) is 15.6. The Morgan fingerprint density at radius 2 is 2.17 bits per heavy atom. The van der Waals surface area contributed by atoms with E-state index in [1.807, 2.05) is 0 Å². The van der Waals surface area contributed by atoms with E-state index in [0.717, 1.165) is 30.5 Å². The summed E-state index contributed by atoms with van der Waals surface area (Å²) in [5.74, 6) is 0.788. The number of nitrogens with one attached hydrogen (secondary N) is 3. The first-order chi connectivity index (χ1) is 11.3. The van der Waals surface area contributed by atoms with E-state index in [-0.39, 0.29) is 12.5 Å². The number of H-pyrrole nitrogens is 2. The molecule has 0 spiro atoms. The molecule has 0 fully saturated rings. The van der Waals surface area contributed by atoms with Crippen LogP contribution in [0.2, 0.25) is 0 Å². The van der Waals surface area contributed by atoms with Crippen molar-refractivity contribution >= 4 is 5.91 Å². The molecule has 0 aromatic carbocycles. The van der Waals surface area contributed by atoms with Gasteiger partial charge in [-0.2, -0.15) is 10.2 Å². The van der Waals surface area contributed by atoms with Crippen molar-refractivity contribution in [2.45, 2.75) is 25.8 Å². The standard InChI is InChI=1S/C14H14N8O/c23-14(12-8-2-1-3-9(8)19-21-12)17-7-11-18-13(22-20-11)10-6-15-4-5-16-10/h4-6H,1-3,7H2,(H,17,23)(H,19,21)(H,18,20,22). The number of aryl methyl sites for hydroxylation is 1. The van der Waals surface area contributed by atoms with Crippen LogP contribution >= 0.6 is 0 Å². The predicted molar refractivity (Wildman–Crippen MR) is 79.2 cm³/mol. The molecule has 0 atom stereocenters. The maximum atomic E-state index is 12.2. The monoisotopic (exact) mass is 310 g/mol. The molecule has 3 heterocycles. The summed E-state index contributed by atoms with van der Waals surface area (Å²) in [6, 6.07) is 0. The van der Waals surface area contributed by atoms with Gasteiger partial charge in [-0.3, -0.25) is 20.0 Å². The first kappa shape index (κ1) is 13.6. The van der Waals surface area contributed by atoms with Gasteiger partial charge in [-0.25, -0.2) is 9.97 Å². The van der Waals surface area contributed by atoms with Gasteiger partial charge in [0.25, 0.3) is 5.91 Å². The summed E-state index contributed by atoms with van der Waals surface area (Å²) in [4.78, 5) is 24.6. The largest absolute Gasteiger partial charge is 0.343 e. The summed E-state index contributed by atoms with van der Waals surface area (Å²) in [6.45, 7) is 0.244. The van der Waals surface area contributed by atoms with Crippen molar-refractivity contribution in [3.63, 3.8) is 0 Å². The third-order valence-corrected chi connectivity index (χ3v) is 3.76. The zero-order valence-corrected chi connectivity index (χ0v) is 12.2. The zero-order valence-electron chi connectivity index (χ0n) is 12.2. The Balaban J connectivity index is 1.43. The molecular formula is C14H14N8O. The molecule has 1 aliphatic rings. The van der Waals surface area contributed by atoms with Gasteiger partial charge in [0.1, 0.15) is 11.5 Å². The average Bonchev–Trinajstić information content (AvgIpc) is 3.29. The number of aromatic nitrogens is 7. The third kappa shape index (κ3) is 2.56. The highest BCUT2D eigenvalue weighted by Crippen LogP contribution is 2.22. The van der Waals surface area contributed by atoms with Crippen LogP contribution in [0.15, 0.2) is 18.6 Å². The molecule has 1 amide bonds. The van der Waals surface area contributed by atoms with Crippen molar-refractivity contribution in [2.75, 3.05) is 0 Å². The molecule has 9 heteroatoms. The lowest BCUT2D eigenvalue weighted by Gasteiger charge is -2.01. The van der Waals surface area contributed by atoms with Crippen LogP contribution in [0.3, 0.4) is 0 Å². The van der Waals surface area contributed by atoms with Crippen molar-refractivity contribution in [3.8, 4) is 11.5 Å². The number of nitrogens with zero attached hydrogens (tertiary/aromatic N) is 5. The van der Waals surface area contributed by atoms with E-state index in [2.05, 4.69) is 40.7 Å². The minimum Gasteiger partial charge on any atom is -0.343 e. The van der Waals surface area contributed by atoms with Crippen LogP contribution in [-0.4, -0.2) is 41.3 Å². The normalized spacial score (nSPS) is 13.0. The van der Waals surface area contributed by atoms with E-state index in [9.17, 15) is 4.79 Å². The van der Waals surface area contributed by atoms with Gasteiger partial charge in [0.2, 0.25) is 5.82 Å². The fraction of sp³-hybridized carbons (Fsp3) is 0.286. The van der Waals surface area contributed by atoms with Crippen LogP contribution in [0.4, 0.5) is 0 Å². The smallest absolute Gasteiger partial charge is 0.272 e. The minimum atomic E-state index is -0.207. The molecular weight excluding hydrogens is 296 g/mol. The second kappa shape index (κ2) is 5.59. The summed E-state index contributed by atoms with van der Waals surface area (Å²) >= 11 is 0. The molecule has 0 bridgehead atoms. The van der Waals surface area contributed by atoms with Crippen molar-refractivity contribution in [1.29, 1.82) is 0 Å². The maximum absolute atomic E-state index is 12.2. The van der Waals surface area contributed by atoms with Gasteiger partial charge in [0.15, 0.2) is 5.69 Å². The lowest BCUT2D eigenvalue weighted by atomic mass is 10.2. The number of hydrogen-bond donors (Lipinski definition) is 3. The molecule has 3 aromatic rings. The highest BCUT2D eigenvalue weighted by molar-refractivity contribution is 5.94. The van der Waals surface area contributed by atoms with Crippen LogP contribution in [0.1, 0.15) is 34.0 Å². The highest BCUT2D eigenvalue weighted by atomic mass is 16.1. The van der Waals surface area contributed by atoms with E-state index >= 15 is 0 Å². The molecule has 3 N–H and O–H groups in total. The summed E-state index contributed by atoms with van der Waals surface area (Å²) in [5.41, 5.74) is 3.15. The van der Waals surface area contributed by atoms with Gasteiger partial charge in [0.05, 0.1) is 12.7 Å². The number of carbonyl (C=O) groups excluding carboxylic acids is 1. The van der Waals surface area contributed by atoms with E-state index in [0.29, 0.717) is 23.0 Å². The predicted octanol–water partition coefficient (Wildman–Crippen LogP) is 0.403. The van der Waals surface area contributed by atoms with Crippen LogP contribution in [0, 0.1) is 0 Å². The Morgan fingerprint density at radius 1 is 1.22 bits per heavy atom. The van der Waals surface area contributed by atoms with Gasteiger partial charge in [-0.05, 0) is 19.3 Å². The quantitative estimate of drug-likeness (QED) is 0.640. The summed E-state index contributed by atoms with van der Waals surface area (Å²) in [6.07, 6.45) is 7.66. The van der Waals surface area contributed by atoms with Gasteiger partial charge in [-0.1, -0.05) is 0 Å². The maximum Gasteiger partial charge on any atom is 0.272 e. The number of carbonyl (C=O) groups is 1. The molecule has 0 aliphatic heterocycles. The van der Waals surface area contributed by atoms with Crippen molar-refractivity contribution in [2.24, 2.45) is 0 Å². The van der Waals surface area contributed by atoms with Crippen LogP contribution in [0.5, 0.6) is 0 Å². The molecule has 1 aliphatic carbocycles. The van der Waals surface area contributed by atoms with Crippen LogP contribution in [-0.2, 0) is 19.4 Å². The van der Waals surface area contributed by atoms with Gasteiger partial charge < -0.3 is 5.32 Å². The lowest BCUT2D eigenvalue weighted by Crippen LogP contribution is -2.24. The van der Waals surface area contributed by atoms with Crippen molar-refractivity contribution < 1.29 is 4.79 Å². The molecule has 116 valence electrons. The van der Waals surface area contributed by atoms with Gasteiger partial charge in [0, 0.05) is 23.7 Å². The van der Waals surface area contributed by atoms with E-state index < -0.39 is 0 Å². The molecule has 0 saturated carbocycles. The third-order valence-electron chi connectivity index (χ3n) is 3.76. The summed E-state index contributed by atoms with van der Waals surface area (Å²) in [5, 5.41) is 16.7. The Morgan fingerprint density at radius 3 is 3.04 bits per heavy atom. The summed E-state index contributed by atoms with van der Waals surface area (Å²) < 4.78 is 0. The Bertz CT molecular complexity index is 838. The number of hydrogen-bond acceptors (Lipinski definition) is 6.